The molecule has 0 aliphatic heterocycles. The van der Waals surface area contributed by atoms with Crippen molar-refractivity contribution < 1.29 is 4.42 Å². The Balaban J connectivity index is 1.93. The lowest BCUT2D eigenvalue weighted by Gasteiger charge is -2.02. The number of rotatable bonds is 3. The first kappa shape index (κ1) is 13.4. The van der Waals surface area contributed by atoms with Gasteiger partial charge in [-0.25, -0.2) is 4.98 Å². The SMILES string of the molecule is N#CC(C#N)=CNc1cccc(-c2nc3ccccc3o2)c1. The number of nitrogens with one attached hydrogen (secondary N) is 1. The van der Waals surface area contributed by atoms with Crippen LogP contribution < -0.4 is 5.32 Å². The van der Waals surface area contributed by atoms with E-state index in [4.69, 9.17) is 14.9 Å². The van der Waals surface area contributed by atoms with Crippen LogP contribution in [0, 0.1) is 22.7 Å². The van der Waals surface area contributed by atoms with E-state index in [0.29, 0.717) is 5.89 Å². The fraction of sp³-hybridized carbons (Fsp3) is 0. The Bertz CT molecular complexity index is 892. The number of fused-ring (bicyclic) bond motifs is 1. The fourth-order valence-electron chi connectivity index (χ4n) is 1.98. The molecule has 22 heavy (non-hydrogen) atoms. The van der Waals surface area contributed by atoms with Crippen LogP contribution in [0.1, 0.15) is 0 Å². The maximum absolute atomic E-state index is 8.71. The lowest BCUT2D eigenvalue weighted by molar-refractivity contribution is 0.620. The van der Waals surface area contributed by atoms with Crippen LogP contribution in [0.4, 0.5) is 5.69 Å². The zero-order chi connectivity index (χ0) is 15.4. The average molecular weight is 286 g/mol. The number of hydrogen-bond donors (Lipinski definition) is 1. The molecule has 5 heteroatoms. The van der Waals surface area contributed by atoms with Gasteiger partial charge in [0.2, 0.25) is 5.89 Å². The van der Waals surface area contributed by atoms with E-state index in [0.717, 1.165) is 22.4 Å². The van der Waals surface area contributed by atoms with Crippen LogP contribution >= 0.6 is 0 Å². The number of allylic oxidation sites excluding steroid dienone is 1. The van der Waals surface area contributed by atoms with Crippen LogP contribution in [-0.4, -0.2) is 4.98 Å². The van der Waals surface area contributed by atoms with E-state index in [-0.39, 0.29) is 5.57 Å². The molecule has 0 saturated carbocycles. The first-order valence-corrected chi connectivity index (χ1v) is 6.53. The highest BCUT2D eigenvalue weighted by Gasteiger charge is 2.07. The van der Waals surface area contributed by atoms with Gasteiger partial charge < -0.3 is 9.73 Å². The van der Waals surface area contributed by atoms with E-state index in [9.17, 15) is 0 Å². The minimum Gasteiger partial charge on any atom is -0.436 e. The third-order valence-electron chi connectivity index (χ3n) is 3.03. The van der Waals surface area contributed by atoms with Gasteiger partial charge in [0.05, 0.1) is 0 Å². The molecule has 0 amide bonds. The summed E-state index contributed by atoms with van der Waals surface area (Å²) in [5.74, 6) is 0.523. The van der Waals surface area contributed by atoms with Gasteiger partial charge in [0.25, 0.3) is 0 Å². The highest BCUT2D eigenvalue weighted by molar-refractivity contribution is 5.76. The summed E-state index contributed by atoms with van der Waals surface area (Å²) in [4.78, 5) is 4.44. The van der Waals surface area contributed by atoms with Gasteiger partial charge in [0, 0.05) is 17.5 Å². The lowest BCUT2D eigenvalue weighted by Crippen LogP contribution is -1.90. The molecule has 5 nitrogen and oxygen atoms in total. The third-order valence-corrected chi connectivity index (χ3v) is 3.03. The molecule has 0 unspecified atom stereocenters. The molecular weight excluding hydrogens is 276 g/mol. The minimum absolute atomic E-state index is 0.00673. The number of nitriles is 2. The Labute approximate surface area is 126 Å². The molecule has 0 aliphatic carbocycles. The zero-order valence-electron chi connectivity index (χ0n) is 11.4. The standard InChI is InChI=1S/C17H10N4O/c18-9-12(10-19)11-20-14-5-3-4-13(8-14)17-21-15-6-1-2-7-16(15)22-17/h1-8,11,20H. The van der Waals surface area contributed by atoms with E-state index in [2.05, 4.69) is 10.3 Å². The number of para-hydroxylation sites is 2. The summed E-state index contributed by atoms with van der Waals surface area (Å²) in [5, 5.41) is 20.3. The van der Waals surface area contributed by atoms with E-state index < -0.39 is 0 Å². The van der Waals surface area contributed by atoms with E-state index in [1.54, 1.807) is 12.1 Å². The quantitative estimate of drug-likeness (QED) is 0.739. The van der Waals surface area contributed by atoms with E-state index in [1.165, 1.54) is 6.20 Å². The number of hydrogen-bond acceptors (Lipinski definition) is 5. The van der Waals surface area contributed by atoms with Gasteiger partial charge in [-0.2, -0.15) is 10.5 Å². The molecule has 0 saturated heterocycles. The van der Waals surface area contributed by atoms with E-state index in [1.807, 2.05) is 48.5 Å². The van der Waals surface area contributed by atoms with Gasteiger partial charge in [-0.1, -0.05) is 18.2 Å². The average Bonchev–Trinajstić information content (AvgIpc) is 3.00. The molecule has 2 aromatic carbocycles. The van der Waals surface area contributed by atoms with E-state index >= 15 is 0 Å². The predicted molar refractivity (Wildman–Crippen MR) is 82.4 cm³/mol. The Hall–Kier alpha value is -3.57. The maximum atomic E-state index is 8.71. The molecule has 1 aromatic heterocycles. The van der Waals surface area contributed by atoms with Crippen LogP contribution in [0.3, 0.4) is 0 Å². The highest BCUT2D eigenvalue weighted by atomic mass is 16.3. The Morgan fingerprint density at radius 2 is 1.91 bits per heavy atom. The second-order valence-corrected chi connectivity index (χ2v) is 4.49. The van der Waals surface area contributed by atoms with Crippen molar-refractivity contribution in [2.75, 3.05) is 5.32 Å². The molecular formula is C17H10N4O. The van der Waals surface area contributed by atoms with Crippen LogP contribution in [0.25, 0.3) is 22.6 Å². The molecule has 0 atom stereocenters. The summed E-state index contributed by atoms with van der Waals surface area (Å²) in [5.41, 5.74) is 3.08. The van der Waals surface area contributed by atoms with Crippen LogP contribution in [-0.2, 0) is 0 Å². The van der Waals surface area contributed by atoms with Crippen molar-refractivity contribution in [2.45, 2.75) is 0 Å². The summed E-state index contributed by atoms with van der Waals surface area (Å²) in [6, 6.07) is 18.5. The molecule has 0 aliphatic rings. The molecule has 0 bridgehead atoms. The topological polar surface area (TPSA) is 85.6 Å². The summed E-state index contributed by atoms with van der Waals surface area (Å²) >= 11 is 0. The number of benzene rings is 2. The summed E-state index contributed by atoms with van der Waals surface area (Å²) in [6.07, 6.45) is 1.37. The molecule has 1 heterocycles. The largest absolute Gasteiger partial charge is 0.436 e. The zero-order valence-corrected chi connectivity index (χ0v) is 11.4. The van der Waals surface area contributed by atoms with Crippen molar-refractivity contribution in [1.29, 1.82) is 10.5 Å². The lowest BCUT2D eigenvalue weighted by atomic mass is 10.2. The second-order valence-electron chi connectivity index (χ2n) is 4.49. The highest BCUT2D eigenvalue weighted by Crippen LogP contribution is 2.26. The summed E-state index contributed by atoms with van der Waals surface area (Å²) in [7, 11) is 0. The normalized spacial score (nSPS) is 9.73. The van der Waals surface area contributed by atoms with Crippen molar-refractivity contribution in [1.82, 2.24) is 4.98 Å². The number of aromatic nitrogens is 1. The Morgan fingerprint density at radius 3 is 2.68 bits per heavy atom. The molecule has 0 fully saturated rings. The van der Waals surface area contributed by atoms with Crippen molar-refractivity contribution in [3.63, 3.8) is 0 Å². The van der Waals surface area contributed by atoms with Crippen molar-refractivity contribution >= 4 is 16.8 Å². The van der Waals surface area contributed by atoms with Crippen molar-refractivity contribution in [2.24, 2.45) is 0 Å². The first-order chi connectivity index (χ1) is 10.8. The molecule has 0 spiro atoms. The Morgan fingerprint density at radius 1 is 1.09 bits per heavy atom. The molecule has 3 rings (SSSR count). The first-order valence-electron chi connectivity index (χ1n) is 6.53. The Kier molecular flexibility index (Phi) is 3.55. The summed E-state index contributed by atoms with van der Waals surface area (Å²) < 4.78 is 5.72. The van der Waals surface area contributed by atoms with Gasteiger partial charge in [-0.3, -0.25) is 0 Å². The molecule has 1 N–H and O–H groups in total. The number of nitrogens with zero attached hydrogens (tertiary/aromatic N) is 3. The van der Waals surface area contributed by atoms with Crippen LogP contribution in [0.15, 0.2) is 64.7 Å². The van der Waals surface area contributed by atoms with Gasteiger partial charge in [-0.05, 0) is 30.3 Å². The third kappa shape index (κ3) is 2.65. The van der Waals surface area contributed by atoms with Crippen LogP contribution in [0.2, 0.25) is 0 Å². The maximum Gasteiger partial charge on any atom is 0.227 e. The molecule has 104 valence electrons. The smallest absolute Gasteiger partial charge is 0.227 e. The van der Waals surface area contributed by atoms with Gasteiger partial charge in [-0.15, -0.1) is 0 Å². The number of anilines is 1. The predicted octanol–water partition coefficient (Wildman–Crippen LogP) is 3.84. The fourth-order valence-corrected chi connectivity index (χ4v) is 1.98. The number of oxazole rings is 1. The van der Waals surface area contributed by atoms with Crippen molar-refractivity contribution in [3.8, 4) is 23.6 Å². The second kappa shape index (κ2) is 5.82. The molecule has 3 aromatic rings. The van der Waals surface area contributed by atoms with Crippen molar-refractivity contribution in [3.05, 3.63) is 60.3 Å². The van der Waals surface area contributed by atoms with Crippen LogP contribution in [0.5, 0.6) is 0 Å². The monoisotopic (exact) mass is 286 g/mol. The van der Waals surface area contributed by atoms with Gasteiger partial charge in [0.15, 0.2) is 5.58 Å². The molecule has 0 radical (unpaired) electrons. The summed E-state index contributed by atoms with van der Waals surface area (Å²) in [6.45, 7) is 0. The minimum atomic E-state index is 0.00673. The van der Waals surface area contributed by atoms with Gasteiger partial charge in [0.1, 0.15) is 23.2 Å². The van der Waals surface area contributed by atoms with Gasteiger partial charge >= 0.3 is 0 Å².